The van der Waals surface area contributed by atoms with Gasteiger partial charge in [0.15, 0.2) is 0 Å². The molecule has 2 aliphatic carbocycles. The summed E-state index contributed by atoms with van der Waals surface area (Å²) >= 11 is 1.44. The number of nitrogens with one attached hydrogen (secondary N) is 1. The molecule has 0 spiro atoms. The van der Waals surface area contributed by atoms with Gasteiger partial charge in [-0.3, -0.25) is 9.59 Å². The molecular weight excluding hydrogens is 366 g/mol. The third-order valence-electron chi connectivity index (χ3n) is 5.37. The number of carbonyl (C=O) groups is 3. The first kappa shape index (κ1) is 19.9. The molecule has 1 aromatic rings. The van der Waals surface area contributed by atoms with E-state index in [4.69, 9.17) is 4.74 Å². The summed E-state index contributed by atoms with van der Waals surface area (Å²) in [5.41, 5.74) is 1.46. The van der Waals surface area contributed by atoms with Gasteiger partial charge in [-0.1, -0.05) is 12.8 Å². The number of anilines is 1. The van der Waals surface area contributed by atoms with Crippen LogP contribution in [0.1, 0.15) is 73.2 Å². The Balaban J connectivity index is 1.87. The van der Waals surface area contributed by atoms with E-state index in [0.717, 1.165) is 49.0 Å². The summed E-state index contributed by atoms with van der Waals surface area (Å²) in [7, 11) is 0. The summed E-state index contributed by atoms with van der Waals surface area (Å²) in [6, 6.07) is 0. The van der Waals surface area contributed by atoms with Crippen molar-refractivity contribution in [2.75, 3.05) is 5.32 Å². The largest absolute Gasteiger partial charge is 0.481 e. The summed E-state index contributed by atoms with van der Waals surface area (Å²) in [5, 5.41) is 12.9. The van der Waals surface area contributed by atoms with E-state index < -0.39 is 23.8 Å². The van der Waals surface area contributed by atoms with Crippen LogP contribution in [0.5, 0.6) is 0 Å². The number of ether oxygens (including phenoxy) is 1. The van der Waals surface area contributed by atoms with E-state index >= 15 is 0 Å². The van der Waals surface area contributed by atoms with E-state index in [9.17, 15) is 19.5 Å². The number of aryl methyl sites for hydroxylation is 1. The van der Waals surface area contributed by atoms with Crippen LogP contribution < -0.4 is 5.32 Å². The maximum Gasteiger partial charge on any atom is 0.341 e. The fourth-order valence-electron chi connectivity index (χ4n) is 4.09. The SMILES string of the molecule is CC(C)OC(=O)c1c(NC(=O)[C@H]2CCCC[C@H]2C(=O)O)sc2c1CCCC2. The van der Waals surface area contributed by atoms with Crippen molar-refractivity contribution in [3.63, 3.8) is 0 Å². The fraction of sp³-hybridized carbons (Fsp3) is 0.650. The molecule has 3 rings (SSSR count). The maximum atomic E-state index is 12.9. The van der Waals surface area contributed by atoms with E-state index in [2.05, 4.69) is 5.32 Å². The minimum Gasteiger partial charge on any atom is -0.481 e. The van der Waals surface area contributed by atoms with E-state index in [1.165, 1.54) is 11.3 Å². The van der Waals surface area contributed by atoms with Gasteiger partial charge in [0.2, 0.25) is 5.91 Å². The Morgan fingerprint density at radius 1 is 1.07 bits per heavy atom. The molecule has 2 atom stereocenters. The van der Waals surface area contributed by atoms with E-state index in [1.54, 1.807) is 13.8 Å². The highest BCUT2D eigenvalue weighted by atomic mass is 32.1. The molecule has 7 heteroatoms. The molecule has 1 aromatic heterocycles. The van der Waals surface area contributed by atoms with Gasteiger partial charge in [0.1, 0.15) is 5.00 Å². The van der Waals surface area contributed by atoms with Gasteiger partial charge in [-0.15, -0.1) is 11.3 Å². The zero-order valence-corrected chi connectivity index (χ0v) is 16.7. The summed E-state index contributed by atoms with van der Waals surface area (Å²) in [4.78, 5) is 38.2. The third kappa shape index (κ3) is 4.34. The Morgan fingerprint density at radius 2 is 1.74 bits per heavy atom. The predicted octanol–water partition coefficient (Wildman–Crippen LogP) is 4.02. The van der Waals surface area contributed by atoms with Crippen molar-refractivity contribution in [3.8, 4) is 0 Å². The highest BCUT2D eigenvalue weighted by Gasteiger charge is 2.37. The molecule has 6 nitrogen and oxygen atoms in total. The molecule has 0 bridgehead atoms. The van der Waals surface area contributed by atoms with Crippen LogP contribution in [0.15, 0.2) is 0 Å². The van der Waals surface area contributed by atoms with Gasteiger partial charge < -0.3 is 15.2 Å². The van der Waals surface area contributed by atoms with E-state index in [-0.39, 0.29) is 12.0 Å². The summed E-state index contributed by atoms with van der Waals surface area (Å²) in [6.45, 7) is 3.60. The van der Waals surface area contributed by atoms with Crippen molar-refractivity contribution >= 4 is 34.2 Å². The van der Waals surface area contributed by atoms with Crippen LogP contribution in [0, 0.1) is 11.8 Å². The van der Waals surface area contributed by atoms with Gasteiger partial charge >= 0.3 is 11.9 Å². The number of hydrogen-bond donors (Lipinski definition) is 2. The second kappa shape index (κ2) is 8.42. The Hall–Kier alpha value is -1.89. The van der Waals surface area contributed by atoms with Crippen LogP contribution in [0.3, 0.4) is 0 Å². The van der Waals surface area contributed by atoms with Gasteiger partial charge in [0.25, 0.3) is 0 Å². The lowest BCUT2D eigenvalue weighted by molar-refractivity contribution is -0.147. The van der Waals surface area contributed by atoms with Gasteiger partial charge in [0.05, 0.1) is 23.5 Å². The number of esters is 1. The van der Waals surface area contributed by atoms with Gasteiger partial charge in [-0.25, -0.2) is 4.79 Å². The van der Waals surface area contributed by atoms with Crippen LogP contribution in [-0.4, -0.2) is 29.1 Å². The standard InChI is InChI=1S/C20H27NO5S/c1-11(2)26-20(25)16-14-9-5-6-10-15(14)27-18(16)21-17(22)12-7-3-4-8-13(12)19(23)24/h11-13H,3-10H2,1-2H3,(H,21,22)(H,23,24)/t12-,13+/m0/s1. The quantitative estimate of drug-likeness (QED) is 0.737. The van der Waals surface area contributed by atoms with Crippen molar-refractivity contribution in [3.05, 3.63) is 16.0 Å². The number of carboxylic acid groups (broad SMARTS) is 1. The van der Waals surface area contributed by atoms with Crippen LogP contribution in [0.4, 0.5) is 5.00 Å². The average Bonchev–Trinajstić information content (AvgIpc) is 2.98. The molecule has 148 valence electrons. The lowest BCUT2D eigenvalue weighted by atomic mass is 9.78. The van der Waals surface area contributed by atoms with Crippen molar-refractivity contribution in [2.45, 2.75) is 71.3 Å². The molecule has 0 unspecified atom stereocenters. The van der Waals surface area contributed by atoms with Crippen molar-refractivity contribution in [1.82, 2.24) is 0 Å². The summed E-state index contributed by atoms with van der Waals surface area (Å²) in [5.74, 6) is -2.82. The number of fused-ring (bicyclic) bond motifs is 1. The molecule has 0 radical (unpaired) electrons. The molecule has 27 heavy (non-hydrogen) atoms. The lowest BCUT2D eigenvalue weighted by Gasteiger charge is -2.27. The van der Waals surface area contributed by atoms with Crippen molar-refractivity contribution in [1.29, 1.82) is 0 Å². The van der Waals surface area contributed by atoms with Gasteiger partial charge in [-0.05, 0) is 57.9 Å². The number of thiophene rings is 1. The summed E-state index contributed by atoms with van der Waals surface area (Å²) < 4.78 is 5.41. The van der Waals surface area contributed by atoms with Crippen molar-refractivity contribution in [2.24, 2.45) is 11.8 Å². The Morgan fingerprint density at radius 3 is 2.41 bits per heavy atom. The predicted molar refractivity (Wildman–Crippen MR) is 103 cm³/mol. The molecule has 1 saturated carbocycles. The maximum absolute atomic E-state index is 12.9. The number of amides is 1. The molecule has 1 amide bonds. The third-order valence-corrected chi connectivity index (χ3v) is 6.58. The van der Waals surface area contributed by atoms with Crippen molar-refractivity contribution < 1.29 is 24.2 Å². The monoisotopic (exact) mass is 393 g/mol. The molecule has 0 aromatic carbocycles. The van der Waals surface area contributed by atoms with Gasteiger partial charge in [-0.2, -0.15) is 0 Å². The minimum atomic E-state index is -0.917. The second-order valence-electron chi connectivity index (χ2n) is 7.69. The fourth-order valence-corrected chi connectivity index (χ4v) is 5.37. The van der Waals surface area contributed by atoms with Crippen LogP contribution in [-0.2, 0) is 27.2 Å². The van der Waals surface area contributed by atoms with E-state index in [1.807, 2.05) is 0 Å². The van der Waals surface area contributed by atoms with Crippen LogP contribution in [0.25, 0.3) is 0 Å². The number of rotatable bonds is 5. The number of carbonyl (C=O) groups excluding carboxylic acids is 2. The normalized spacial score (nSPS) is 22.2. The van der Waals surface area contributed by atoms with Gasteiger partial charge in [0, 0.05) is 4.88 Å². The highest BCUT2D eigenvalue weighted by Crippen LogP contribution is 2.40. The highest BCUT2D eigenvalue weighted by molar-refractivity contribution is 7.17. The first-order valence-electron chi connectivity index (χ1n) is 9.77. The zero-order chi connectivity index (χ0) is 19.6. The Labute approximate surface area is 163 Å². The second-order valence-corrected chi connectivity index (χ2v) is 8.80. The molecule has 2 N–H and O–H groups in total. The lowest BCUT2D eigenvalue weighted by Crippen LogP contribution is -2.36. The number of aliphatic carboxylic acids is 1. The first-order valence-corrected chi connectivity index (χ1v) is 10.6. The smallest absolute Gasteiger partial charge is 0.341 e. The zero-order valence-electron chi connectivity index (χ0n) is 15.9. The molecule has 0 aliphatic heterocycles. The first-order chi connectivity index (χ1) is 12.9. The molecular formula is C20H27NO5S. The average molecular weight is 394 g/mol. The van der Waals surface area contributed by atoms with Crippen LogP contribution >= 0.6 is 11.3 Å². The topological polar surface area (TPSA) is 92.7 Å². The molecule has 1 fully saturated rings. The summed E-state index contributed by atoms with van der Waals surface area (Å²) in [6.07, 6.45) is 6.34. The molecule has 0 saturated heterocycles. The number of carboxylic acids is 1. The molecule has 2 aliphatic rings. The Bertz CT molecular complexity index is 739. The minimum absolute atomic E-state index is 0.241. The molecule has 1 heterocycles. The Kier molecular flexibility index (Phi) is 6.19. The van der Waals surface area contributed by atoms with E-state index in [0.29, 0.717) is 23.4 Å². The van der Waals surface area contributed by atoms with Crippen LogP contribution in [0.2, 0.25) is 0 Å². The number of hydrogen-bond acceptors (Lipinski definition) is 5.